The first-order valence-electron chi connectivity index (χ1n) is 11.8. The fourth-order valence-electron chi connectivity index (χ4n) is 4.50. The molecule has 5 rings (SSSR count). The molecule has 1 fully saturated rings. The molecule has 2 aromatic heterocycles. The van der Waals surface area contributed by atoms with E-state index in [0.29, 0.717) is 24.0 Å². The Balaban J connectivity index is 1.70. The van der Waals surface area contributed by atoms with E-state index in [0.717, 1.165) is 45.9 Å². The van der Waals surface area contributed by atoms with Crippen LogP contribution in [0.1, 0.15) is 57.2 Å². The Labute approximate surface area is 199 Å². The molecule has 6 heteroatoms. The first kappa shape index (κ1) is 22.3. The minimum Gasteiger partial charge on any atom is -0.493 e. The zero-order chi connectivity index (χ0) is 23.9. The highest BCUT2D eigenvalue weighted by molar-refractivity contribution is 6.14. The second-order valence-electron chi connectivity index (χ2n) is 9.83. The van der Waals surface area contributed by atoms with Gasteiger partial charge >= 0.3 is 6.09 Å². The first-order valence-corrected chi connectivity index (χ1v) is 11.8. The van der Waals surface area contributed by atoms with Crippen LogP contribution < -0.4 is 9.47 Å². The summed E-state index contributed by atoms with van der Waals surface area (Å²) in [4.78, 5) is 18.2. The minimum atomic E-state index is -0.622. The molecule has 1 aliphatic rings. The van der Waals surface area contributed by atoms with Crippen LogP contribution in [0.5, 0.6) is 11.5 Å². The van der Waals surface area contributed by atoms with Gasteiger partial charge in [0.1, 0.15) is 12.2 Å². The molecule has 176 valence electrons. The van der Waals surface area contributed by atoms with Crippen molar-refractivity contribution in [3.63, 3.8) is 0 Å². The quantitative estimate of drug-likeness (QED) is 0.328. The predicted octanol–water partition coefficient (Wildman–Crippen LogP) is 6.83. The molecule has 34 heavy (non-hydrogen) atoms. The van der Waals surface area contributed by atoms with Gasteiger partial charge in [0.05, 0.1) is 23.8 Å². The lowest BCUT2D eigenvalue weighted by Crippen LogP contribution is -2.27. The Kier molecular flexibility index (Phi) is 5.68. The summed E-state index contributed by atoms with van der Waals surface area (Å²) in [6.07, 6.45) is 4.80. The summed E-state index contributed by atoms with van der Waals surface area (Å²) in [6, 6.07) is 15.7. The van der Waals surface area contributed by atoms with Gasteiger partial charge in [0.2, 0.25) is 0 Å². The molecule has 1 aliphatic carbocycles. The SMILES string of the molecule is COc1cc2c3c(C4CCC4)nccc3n(C(=O)OC(C)(C)C)c2cc1OCc1ccccc1. The number of hydrogen-bond donors (Lipinski definition) is 0. The number of carbonyl (C=O) groups excluding carboxylic acids is 1. The Morgan fingerprint density at radius 2 is 1.82 bits per heavy atom. The highest BCUT2D eigenvalue weighted by Crippen LogP contribution is 2.44. The number of fused-ring (bicyclic) bond motifs is 3. The molecule has 0 spiro atoms. The van der Waals surface area contributed by atoms with Crippen molar-refractivity contribution < 1.29 is 19.0 Å². The lowest BCUT2D eigenvalue weighted by atomic mass is 9.81. The topological polar surface area (TPSA) is 62.6 Å². The zero-order valence-corrected chi connectivity index (χ0v) is 20.1. The van der Waals surface area contributed by atoms with E-state index in [4.69, 9.17) is 19.2 Å². The van der Waals surface area contributed by atoms with E-state index in [-0.39, 0.29) is 0 Å². The highest BCUT2D eigenvalue weighted by atomic mass is 16.6. The van der Waals surface area contributed by atoms with Gasteiger partial charge in [-0.05, 0) is 51.3 Å². The molecule has 0 radical (unpaired) electrons. The van der Waals surface area contributed by atoms with Crippen LogP contribution in [0.4, 0.5) is 4.79 Å². The van der Waals surface area contributed by atoms with E-state index in [1.165, 1.54) is 6.42 Å². The maximum Gasteiger partial charge on any atom is 0.419 e. The van der Waals surface area contributed by atoms with E-state index in [1.807, 2.05) is 69.3 Å². The van der Waals surface area contributed by atoms with Crippen LogP contribution in [0.2, 0.25) is 0 Å². The monoisotopic (exact) mass is 458 g/mol. The van der Waals surface area contributed by atoms with Crippen molar-refractivity contribution in [2.45, 2.75) is 58.2 Å². The summed E-state index contributed by atoms with van der Waals surface area (Å²) in [5, 5.41) is 1.90. The number of nitrogens with zero attached hydrogens (tertiary/aromatic N) is 2. The molecule has 0 atom stereocenters. The van der Waals surface area contributed by atoms with Crippen LogP contribution in [0, 0.1) is 0 Å². The number of hydrogen-bond acceptors (Lipinski definition) is 5. The summed E-state index contributed by atoms with van der Waals surface area (Å²) in [6.45, 7) is 6.01. The van der Waals surface area contributed by atoms with Gasteiger partial charge in [0.15, 0.2) is 11.5 Å². The Bertz CT molecular complexity index is 1350. The van der Waals surface area contributed by atoms with E-state index < -0.39 is 11.7 Å². The number of aromatic nitrogens is 2. The van der Waals surface area contributed by atoms with Gasteiger partial charge in [-0.1, -0.05) is 36.8 Å². The maximum absolute atomic E-state index is 13.4. The van der Waals surface area contributed by atoms with Crippen molar-refractivity contribution in [3.05, 3.63) is 66.0 Å². The van der Waals surface area contributed by atoms with Crippen LogP contribution >= 0.6 is 0 Å². The van der Waals surface area contributed by atoms with Crippen molar-refractivity contribution in [1.82, 2.24) is 9.55 Å². The number of benzene rings is 2. The number of carbonyl (C=O) groups is 1. The fourth-order valence-corrected chi connectivity index (χ4v) is 4.50. The molecule has 6 nitrogen and oxygen atoms in total. The molecule has 0 N–H and O–H groups in total. The van der Waals surface area contributed by atoms with Crippen LogP contribution in [-0.2, 0) is 11.3 Å². The summed E-state index contributed by atoms with van der Waals surface area (Å²) in [5.74, 6) is 1.60. The lowest BCUT2D eigenvalue weighted by Gasteiger charge is -2.25. The third kappa shape index (κ3) is 4.09. The van der Waals surface area contributed by atoms with Crippen molar-refractivity contribution in [1.29, 1.82) is 0 Å². The lowest BCUT2D eigenvalue weighted by molar-refractivity contribution is 0.0551. The van der Waals surface area contributed by atoms with Crippen molar-refractivity contribution >= 4 is 27.9 Å². The Hall–Kier alpha value is -3.54. The van der Waals surface area contributed by atoms with E-state index >= 15 is 0 Å². The largest absolute Gasteiger partial charge is 0.493 e. The number of ether oxygens (including phenoxy) is 3. The van der Waals surface area contributed by atoms with E-state index in [1.54, 1.807) is 17.9 Å². The van der Waals surface area contributed by atoms with Crippen LogP contribution in [0.25, 0.3) is 21.8 Å². The zero-order valence-electron chi connectivity index (χ0n) is 20.1. The molecule has 0 unspecified atom stereocenters. The summed E-state index contributed by atoms with van der Waals surface area (Å²) in [7, 11) is 1.63. The smallest absolute Gasteiger partial charge is 0.419 e. The van der Waals surface area contributed by atoms with Crippen LogP contribution in [-0.4, -0.2) is 28.4 Å². The molecule has 0 saturated heterocycles. The molecule has 0 amide bonds. The van der Waals surface area contributed by atoms with Crippen molar-refractivity contribution in [2.75, 3.05) is 7.11 Å². The minimum absolute atomic E-state index is 0.393. The summed E-state index contributed by atoms with van der Waals surface area (Å²) < 4.78 is 19.3. The standard InChI is InChI=1S/C28H30N2O4/c1-28(2,3)34-27(31)30-21-13-14-29-26(19-11-8-12-19)25(21)20-15-23(32-4)24(16-22(20)30)33-17-18-9-6-5-7-10-18/h5-7,9-10,13-16,19H,8,11-12,17H2,1-4H3. The van der Waals surface area contributed by atoms with Gasteiger partial charge in [-0.3, -0.25) is 4.98 Å². The second-order valence-corrected chi connectivity index (χ2v) is 9.83. The second kappa shape index (κ2) is 8.67. The number of rotatable bonds is 5. The Morgan fingerprint density at radius 3 is 2.47 bits per heavy atom. The van der Waals surface area contributed by atoms with E-state index in [2.05, 4.69) is 0 Å². The molecule has 4 aromatic rings. The van der Waals surface area contributed by atoms with Gasteiger partial charge in [-0.2, -0.15) is 0 Å². The van der Waals surface area contributed by atoms with Gasteiger partial charge in [-0.25, -0.2) is 9.36 Å². The van der Waals surface area contributed by atoms with Gasteiger partial charge in [0.25, 0.3) is 0 Å². The molecular weight excluding hydrogens is 428 g/mol. The third-order valence-corrected chi connectivity index (χ3v) is 6.30. The predicted molar refractivity (Wildman–Crippen MR) is 133 cm³/mol. The van der Waals surface area contributed by atoms with Crippen LogP contribution in [0.15, 0.2) is 54.7 Å². The van der Waals surface area contributed by atoms with Crippen molar-refractivity contribution in [2.24, 2.45) is 0 Å². The molecule has 0 aliphatic heterocycles. The molecular formula is C28H30N2O4. The van der Waals surface area contributed by atoms with Gasteiger partial charge < -0.3 is 14.2 Å². The van der Waals surface area contributed by atoms with E-state index in [9.17, 15) is 4.79 Å². The van der Waals surface area contributed by atoms with Gasteiger partial charge in [-0.15, -0.1) is 0 Å². The number of methoxy groups -OCH3 is 1. The fraction of sp³-hybridized carbons (Fsp3) is 0.357. The maximum atomic E-state index is 13.4. The number of pyridine rings is 1. The average Bonchev–Trinajstić information content (AvgIpc) is 3.09. The first-order chi connectivity index (χ1) is 16.4. The average molecular weight is 459 g/mol. The van der Waals surface area contributed by atoms with Crippen molar-refractivity contribution in [3.8, 4) is 11.5 Å². The molecule has 2 heterocycles. The molecule has 2 aromatic carbocycles. The third-order valence-electron chi connectivity index (χ3n) is 6.30. The van der Waals surface area contributed by atoms with Crippen LogP contribution in [0.3, 0.4) is 0 Å². The Morgan fingerprint density at radius 1 is 1.06 bits per heavy atom. The van der Waals surface area contributed by atoms with Gasteiger partial charge in [0, 0.05) is 29.0 Å². The molecule has 0 bridgehead atoms. The highest BCUT2D eigenvalue weighted by Gasteiger charge is 2.29. The summed E-state index contributed by atoms with van der Waals surface area (Å²) in [5.41, 5.74) is 2.98. The summed E-state index contributed by atoms with van der Waals surface area (Å²) >= 11 is 0. The normalized spacial score (nSPS) is 14.2. The molecule has 1 saturated carbocycles.